The van der Waals surface area contributed by atoms with Gasteiger partial charge < -0.3 is 15.2 Å². The lowest BCUT2D eigenvalue weighted by Crippen LogP contribution is -2.31. The van der Waals surface area contributed by atoms with Gasteiger partial charge in [0.1, 0.15) is 11.4 Å². The topological polar surface area (TPSA) is 93.5 Å². The van der Waals surface area contributed by atoms with Crippen LogP contribution in [0.5, 0.6) is 11.5 Å². The highest BCUT2D eigenvalue weighted by atomic mass is 16.5. The van der Waals surface area contributed by atoms with E-state index in [1.807, 2.05) is 13.0 Å². The first-order valence-corrected chi connectivity index (χ1v) is 10.4. The number of rotatable bonds is 5. The highest BCUT2D eigenvalue weighted by Crippen LogP contribution is 2.25. The average molecular weight is 419 g/mol. The number of aromatic nitrogens is 2. The summed E-state index contributed by atoms with van der Waals surface area (Å²) in [5, 5.41) is 17.2. The molecule has 4 rings (SSSR count). The van der Waals surface area contributed by atoms with Crippen LogP contribution in [0.3, 0.4) is 0 Å². The fourth-order valence-electron chi connectivity index (χ4n) is 3.96. The quantitative estimate of drug-likeness (QED) is 0.662. The number of carbonyl (C=O) groups excluding carboxylic acids is 1. The number of aryl methyl sites for hydroxylation is 2. The molecule has 0 bridgehead atoms. The monoisotopic (exact) mass is 419 g/mol. The fourth-order valence-corrected chi connectivity index (χ4v) is 3.96. The second kappa shape index (κ2) is 8.63. The molecule has 1 aromatic heterocycles. The minimum Gasteiger partial charge on any atom is -0.505 e. The zero-order valence-corrected chi connectivity index (χ0v) is 17.6. The molecule has 0 spiro atoms. The Hall–Kier alpha value is -3.61. The SMILES string of the molecule is COc1ccccc1-n1nc(C(=O)NC(C)c2ccc3c(c2)CCCC3)c(O)cc1=O. The third-order valence-electron chi connectivity index (χ3n) is 5.66. The minimum absolute atomic E-state index is 0.227. The van der Waals surface area contributed by atoms with Gasteiger partial charge in [0.2, 0.25) is 0 Å². The van der Waals surface area contributed by atoms with Crippen molar-refractivity contribution in [3.05, 3.63) is 81.3 Å². The highest BCUT2D eigenvalue weighted by molar-refractivity contribution is 5.94. The average Bonchev–Trinajstić information content (AvgIpc) is 2.78. The van der Waals surface area contributed by atoms with Crippen molar-refractivity contribution in [1.29, 1.82) is 0 Å². The summed E-state index contributed by atoms with van der Waals surface area (Å²) in [6.07, 6.45) is 4.54. The number of benzene rings is 2. The number of fused-ring (bicyclic) bond motifs is 1. The molecule has 0 fully saturated rings. The molecular formula is C24H25N3O4. The maximum Gasteiger partial charge on any atom is 0.276 e. The molecule has 0 radical (unpaired) electrons. The zero-order chi connectivity index (χ0) is 22.0. The van der Waals surface area contributed by atoms with Crippen LogP contribution in [0.15, 0.2) is 53.3 Å². The predicted octanol–water partition coefficient (Wildman–Crippen LogP) is 3.32. The normalized spacial score (nSPS) is 13.9. The molecule has 160 valence electrons. The number of hydrogen-bond acceptors (Lipinski definition) is 5. The van der Waals surface area contributed by atoms with Gasteiger partial charge in [0, 0.05) is 6.07 Å². The second-order valence-electron chi connectivity index (χ2n) is 7.73. The summed E-state index contributed by atoms with van der Waals surface area (Å²) >= 11 is 0. The standard InChI is InChI=1S/C24H25N3O4/c1-15(17-12-11-16-7-3-4-8-18(16)13-17)25-24(30)23-20(28)14-22(29)27(26-23)19-9-5-6-10-21(19)31-2/h5-6,9-15,28H,3-4,7-8H2,1-2H3,(H,25,30). The van der Waals surface area contributed by atoms with Crippen LogP contribution in [0.2, 0.25) is 0 Å². The number of carbonyl (C=O) groups is 1. The number of para-hydroxylation sites is 2. The number of amides is 1. The molecular weight excluding hydrogens is 394 g/mol. The van der Waals surface area contributed by atoms with Gasteiger partial charge in [-0.05, 0) is 61.4 Å². The van der Waals surface area contributed by atoms with Gasteiger partial charge in [0.25, 0.3) is 11.5 Å². The van der Waals surface area contributed by atoms with Gasteiger partial charge in [0.05, 0.1) is 13.2 Å². The summed E-state index contributed by atoms with van der Waals surface area (Å²) in [4.78, 5) is 25.3. The van der Waals surface area contributed by atoms with E-state index in [0.717, 1.165) is 29.2 Å². The van der Waals surface area contributed by atoms with Crippen LogP contribution < -0.4 is 15.6 Å². The van der Waals surface area contributed by atoms with Crippen LogP contribution in [0.1, 0.15) is 53.0 Å². The van der Waals surface area contributed by atoms with Crippen molar-refractivity contribution in [1.82, 2.24) is 15.1 Å². The van der Waals surface area contributed by atoms with E-state index in [0.29, 0.717) is 11.4 Å². The maximum absolute atomic E-state index is 12.9. The van der Waals surface area contributed by atoms with E-state index in [4.69, 9.17) is 4.74 Å². The summed E-state index contributed by atoms with van der Waals surface area (Å²) < 4.78 is 6.34. The zero-order valence-electron chi connectivity index (χ0n) is 17.6. The summed E-state index contributed by atoms with van der Waals surface area (Å²) in [7, 11) is 1.48. The molecule has 1 atom stereocenters. The van der Waals surface area contributed by atoms with E-state index >= 15 is 0 Å². The number of hydrogen-bond donors (Lipinski definition) is 2. The van der Waals surface area contributed by atoms with Gasteiger partial charge in [-0.3, -0.25) is 9.59 Å². The predicted molar refractivity (Wildman–Crippen MR) is 117 cm³/mol. The van der Waals surface area contributed by atoms with E-state index in [1.54, 1.807) is 24.3 Å². The first-order valence-electron chi connectivity index (χ1n) is 10.4. The van der Waals surface area contributed by atoms with Crippen LogP contribution in [0, 0.1) is 0 Å². The van der Waals surface area contributed by atoms with E-state index in [9.17, 15) is 14.7 Å². The summed E-state index contributed by atoms with van der Waals surface area (Å²) in [6, 6.07) is 13.8. The Kier molecular flexibility index (Phi) is 5.75. The Morgan fingerprint density at radius 1 is 1.13 bits per heavy atom. The van der Waals surface area contributed by atoms with E-state index in [1.165, 1.54) is 31.1 Å². The van der Waals surface area contributed by atoms with Gasteiger partial charge in [-0.25, -0.2) is 0 Å². The van der Waals surface area contributed by atoms with Gasteiger partial charge in [-0.1, -0.05) is 30.3 Å². The van der Waals surface area contributed by atoms with Crippen molar-refractivity contribution in [2.45, 2.75) is 38.6 Å². The van der Waals surface area contributed by atoms with Gasteiger partial charge in [-0.2, -0.15) is 9.78 Å². The van der Waals surface area contributed by atoms with Crippen molar-refractivity contribution in [2.75, 3.05) is 7.11 Å². The van der Waals surface area contributed by atoms with Crippen LogP contribution in [-0.4, -0.2) is 27.9 Å². The third-order valence-corrected chi connectivity index (χ3v) is 5.66. The Morgan fingerprint density at radius 3 is 2.65 bits per heavy atom. The number of ether oxygens (including phenoxy) is 1. The van der Waals surface area contributed by atoms with E-state index in [-0.39, 0.29) is 11.7 Å². The van der Waals surface area contributed by atoms with Gasteiger partial charge in [-0.15, -0.1) is 0 Å². The van der Waals surface area contributed by atoms with Crippen molar-refractivity contribution in [3.8, 4) is 17.2 Å². The summed E-state index contributed by atoms with van der Waals surface area (Å²) in [5.74, 6) is -0.603. The Bertz CT molecular complexity index is 1190. The molecule has 7 heteroatoms. The fraction of sp³-hybridized carbons (Fsp3) is 0.292. The van der Waals surface area contributed by atoms with E-state index in [2.05, 4.69) is 22.5 Å². The number of aromatic hydroxyl groups is 1. The molecule has 0 aliphatic heterocycles. The number of methoxy groups -OCH3 is 1. The van der Waals surface area contributed by atoms with Gasteiger partial charge >= 0.3 is 0 Å². The lowest BCUT2D eigenvalue weighted by molar-refractivity contribution is 0.0929. The van der Waals surface area contributed by atoms with E-state index < -0.39 is 17.2 Å². The Labute approximate surface area is 180 Å². The lowest BCUT2D eigenvalue weighted by atomic mass is 9.89. The summed E-state index contributed by atoms with van der Waals surface area (Å²) in [5.41, 5.74) is 3.28. The lowest BCUT2D eigenvalue weighted by Gasteiger charge is -2.20. The first-order chi connectivity index (χ1) is 15.0. The molecule has 2 aromatic carbocycles. The molecule has 31 heavy (non-hydrogen) atoms. The van der Waals surface area contributed by atoms with Crippen LogP contribution in [0.4, 0.5) is 0 Å². The van der Waals surface area contributed by atoms with Crippen molar-refractivity contribution >= 4 is 5.91 Å². The number of nitrogens with one attached hydrogen (secondary N) is 1. The first kappa shape index (κ1) is 20.7. The molecule has 1 aliphatic rings. The van der Waals surface area contributed by atoms with Crippen LogP contribution in [0.25, 0.3) is 5.69 Å². The molecule has 1 heterocycles. The Balaban J connectivity index is 1.62. The van der Waals surface area contributed by atoms with Crippen molar-refractivity contribution in [3.63, 3.8) is 0 Å². The molecule has 1 aliphatic carbocycles. The number of nitrogens with zero attached hydrogens (tertiary/aromatic N) is 2. The molecule has 1 unspecified atom stereocenters. The van der Waals surface area contributed by atoms with Crippen molar-refractivity contribution < 1.29 is 14.6 Å². The molecule has 1 amide bonds. The smallest absolute Gasteiger partial charge is 0.276 e. The molecule has 0 saturated heterocycles. The largest absolute Gasteiger partial charge is 0.505 e. The maximum atomic E-state index is 12.9. The summed E-state index contributed by atoms with van der Waals surface area (Å²) in [6.45, 7) is 1.88. The molecule has 0 saturated carbocycles. The second-order valence-corrected chi connectivity index (χ2v) is 7.73. The third kappa shape index (κ3) is 4.17. The van der Waals surface area contributed by atoms with Crippen LogP contribution >= 0.6 is 0 Å². The molecule has 7 nitrogen and oxygen atoms in total. The highest BCUT2D eigenvalue weighted by Gasteiger charge is 2.21. The van der Waals surface area contributed by atoms with Gasteiger partial charge in [0.15, 0.2) is 11.4 Å². The molecule has 2 N–H and O–H groups in total. The van der Waals surface area contributed by atoms with Crippen molar-refractivity contribution in [2.24, 2.45) is 0 Å². The van der Waals surface area contributed by atoms with Crippen LogP contribution in [-0.2, 0) is 12.8 Å². The minimum atomic E-state index is -0.568. The molecule has 3 aromatic rings. The Morgan fingerprint density at radius 2 is 1.87 bits per heavy atom.